The standard InChI is InChI=1S/C14H26N2O2/c1-11-4-2-5-12(8-7-11)15-14(18)16-9-3-6-13(16)10-17/h11-13,17H,2-10H2,1H3,(H,15,18)/t11-,12+,13-/m0/s1. The number of aliphatic hydroxyl groups excluding tert-OH is 1. The van der Waals surface area contributed by atoms with Crippen molar-refractivity contribution >= 4 is 6.03 Å². The summed E-state index contributed by atoms with van der Waals surface area (Å²) in [5.41, 5.74) is 0. The van der Waals surface area contributed by atoms with Gasteiger partial charge in [0.1, 0.15) is 0 Å². The van der Waals surface area contributed by atoms with E-state index in [0.717, 1.165) is 38.1 Å². The largest absolute Gasteiger partial charge is 0.394 e. The van der Waals surface area contributed by atoms with Gasteiger partial charge in [0.05, 0.1) is 12.6 Å². The van der Waals surface area contributed by atoms with Crippen molar-refractivity contribution in [2.24, 2.45) is 5.92 Å². The number of nitrogens with one attached hydrogen (secondary N) is 1. The molecule has 0 unspecified atom stereocenters. The zero-order valence-corrected chi connectivity index (χ0v) is 11.4. The smallest absolute Gasteiger partial charge is 0.317 e. The summed E-state index contributed by atoms with van der Waals surface area (Å²) in [7, 11) is 0. The molecule has 2 rings (SSSR count). The van der Waals surface area contributed by atoms with Crippen LogP contribution < -0.4 is 5.32 Å². The van der Waals surface area contributed by atoms with Gasteiger partial charge < -0.3 is 15.3 Å². The quantitative estimate of drug-likeness (QED) is 0.742. The fraction of sp³-hybridized carbons (Fsp3) is 0.929. The van der Waals surface area contributed by atoms with E-state index in [1.807, 2.05) is 4.90 Å². The van der Waals surface area contributed by atoms with Crippen molar-refractivity contribution < 1.29 is 9.90 Å². The van der Waals surface area contributed by atoms with Crippen LogP contribution in [0.15, 0.2) is 0 Å². The SMILES string of the molecule is C[C@H]1CCC[C@@H](NC(=O)N2CCC[C@H]2CO)CC1. The van der Waals surface area contributed by atoms with E-state index >= 15 is 0 Å². The fourth-order valence-electron chi connectivity index (χ4n) is 3.18. The number of hydrogen-bond acceptors (Lipinski definition) is 2. The molecular weight excluding hydrogens is 228 g/mol. The topological polar surface area (TPSA) is 52.6 Å². The van der Waals surface area contributed by atoms with Crippen molar-refractivity contribution in [3.63, 3.8) is 0 Å². The Balaban J connectivity index is 1.83. The monoisotopic (exact) mass is 254 g/mol. The number of carbonyl (C=O) groups is 1. The van der Waals surface area contributed by atoms with E-state index in [2.05, 4.69) is 12.2 Å². The molecule has 2 N–H and O–H groups in total. The molecule has 0 bridgehead atoms. The Morgan fingerprint density at radius 3 is 2.83 bits per heavy atom. The summed E-state index contributed by atoms with van der Waals surface area (Å²) in [6.45, 7) is 3.18. The molecule has 3 atom stereocenters. The number of amides is 2. The van der Waals surface area contributed by atoms with Gasteiger partial charge in [-0.05, 0) is 38.0 Å². The Kier molecular flexibility index (Phi) is 4.87. The van der Waals surface area contributed by atoms with Crippen molar-refractivity contribution in [2.75, 3.05) is 13.2 Å². The molecule has 1 aliphatic heterocycles. The molecule has 1 heterocycles. The first kappa shape index (κ1) is 13.7. The van der Waals surface area contributed by atoms with Crippen LogP contribution in [0.5, 0.6) is 0 Å². The summed E-state index contributed by atoms with van der Waals surface area (Å²) in [4.78, 5) is 14.0. The number of nitrogens with zero attached hydrogens (tertiary/aromatic N) is 1. The first-order valence-corrected chi connectivity index (χ1v) is 7.38. The Morgan fingerprint density at radius 2 is 2.06 bits per heavy atom. The second-order valence-corrected chi connectivity index (χ2v) is 5.93. The summed E-state index contributed by atoms with van der Waals surface area (Å²) in [5, 5.41) is 12.4. The van der Waals surface area contributed by atoms with E-state index in [4.69, 9.17) is 0 Å². The van der Waals surface area contributed by atoms with Gasteiger partial charge in [0.2, 0.25) is 0 Å². The molecule has 2 aliphatic rings. The molecule has 0 radical (unpaired) electrons. The first-order chi connectivity index (χ1) is 8.70. The lowest BCUT2D eigenvalue weighted by atomic mass is 10.0. The van der Waals surface area contributed by atoms with E-state index in [1.165, 1.54) is 19.3 Å². The van der Waals surface area contributed by atoms with Crippen LogP contribution >= 0.6 is 0 Å². The lowest BCUT2D eigenvalue weighted by Gasteiger charge is -2.26. The lowest BCUT2D eigenvalue weighted by Crippen LogP contribution is -2.47. The highest BCUT2D eigenvalue weighted by atomic mass is 16.3. The molecular formula is C14H26N2O2. The zero-order chi connectivity index (χ0) is 13.0. The van der Waals surface area contributed by atoms with Crippen LogP contribution in [0.2, 0.25) is 0 Å². The van der Waals surface area contributed by atoms with E-state index < -0.39 is 0 Å². The number of carbonyl (C=O) groups excluding carboxylic acids is 1. The Bertz CT molecular complexity index is 283. The van der Waals surface area contributed by atoms with Gasteiger partial charge in [-0.1, -0.05) is 19.8 Å². The molecule has 104 valence electrons. The Morgan fingerprint density at radius 1 is 1.22 bits per heavy atom. The second kappa shape index (κ2) is 6.41. The van der Waals surface area contributed by atoms with E-state index in [9.17, 15) is 9.90 Å². The predicted molar refractivity (Wildman–Crippen MR) is 71.4 cm³/mol. The number of urea groups is 1. The molecule has 1 saturated heterocycles. The number of aliphatic hydroxyl groups is 1. The third-order valence-corrected chi connectivity index (χ3v) is 4.43. The average molecular weight is 254 g/mol. The number of likely N-dealkylation sites (tertiary alicyclic amines) is 1. The van der Waals surface area contributed by atoms with Crippen molar-refractivity contribution in [3.05, 3.63) is 0 Å². The van der Waals surface area contributed by atoms with E-state index in [-0.39, 0.29) is 18.7 Å². The maximum atomic E-state index is 12.2. The first-order valence-electron chi connectivity index (χ1n) is 7.38. The van der Waals surface area contributed by atoms with Gasteiger partial charge in [0.15, 0.2) is 0 Å². The molecule has 4 nitrogen and oxygen atoms in total. The summed E-state index contributed by atoms with van der Waals surface area (Å²) in [6, 6.07) is 0.406. The number of hydrogen-bond donors (Lipinski definition) is 2. The van der Waals surface area contributed by atoms with Crippen molar-refractivity contribution in [3.8, 4) is 0 Å². The van der Waals surface area contributed by atoms with E-state index in [0.29, 0.717) is 6.04 Å². The molecule has 0 aromatic carbocycles. The third kappa shape index (κ3) is 3.37. The van der Waals surface area contributed by atoms with Crippen LogP contribution in [-0.2, 0) is 0 Å². The van der Waals surface area contributed by atoms with Gasteiger partial charge in [-0.15, -0.1) is 0 Å². The molecule has 0 aromatic heterocycles. The minimum absolute atomic E-state index is 0.0334. The van der Waals surface area contributed by atoms with Gasteiger partial charge in [-0.25, -0.2) is 4.79 Å². The summed E-state index contributed by atoms with van der Waals surface area (Å²) < 4.78 is 0. The average Bonchev–Trinajstić information content (AvgIpc) is 2.75. The van der Waals surface area contributed by atoms with Crippen LogP contribution in [0.1, 0.15) is 51.9 Å². The normalized spacial score (nSPS) is 33.2. The minimum atomic E-state index is 0.0334. The third-order valence-electron chi connectivity index (χ3n) is 4.43. The number of rotatable bonds is 2. The Labute approximate surface area is 110 Å². The molecule has 2 fully saturated rings. The maximum Gasteiger partial charge on any atom is 0.317 e. The van der Waals surface area contributed by atoms with E-state index in [1.54, 1.807) is 0 Å². The lowest BCUT2D eigenvalue weighted by molar-refractivity contribution is 0.154. The molecule has 4 heteroatoms. The van der Waals surface area contributed by atoms with Crippen molar-refractivity contribution in [2.45, 2.75) is 64.0 Å². The summed E-state index contributed by atoms with van der Waals surface area (Å²) >= 11 is 0. The van der Waals surface area contributed by atoms with Crippen LogP contribution in [0.3, 0.4) is 0 Å². The van der Waals surface area contributed by atoms with Gasteiger partial charge in [0.25, 0.3) is 0 Å². The fourth-order valence-corrected chi connectivity index (χ4v) is 3.18. The van der Waals surface area contributed by atoms with Crippen LogP contribution in [-0.4, -0.2) is 41.3 Å². The molecule has 1 aliphatic carbocycles. The highest BCUT2D eigenvalue weighted by molar-refractivity contribution is 5.75. The van der Waals surface area contributed by atoms with Crippen LogP contribution in [0.25, 0.3) is 0 Å². The minimum Gasteiger partial charge on any atom is -0.394 e. The molecule has 2 amide bonds. The maximum absolute atomic E-state index is 12.2. The Hall–Kier alpha value is -0.770. The van der Waals surface area contributed by atoms with Gasteiger partial charge >= 0.3 is 6.03 Å². The van der Waals surface area contributed by atoms with Gasteiger partial charge in [0, 0.05) is 12.6 Å². The van der Waals surface area contributed by atoms with Gasteiger partial charge in [-0.3, -0.25) is 0 Å². The van der Waals surface area contributed by atoms with Gasteiger partial charge in [-0.2, -0.15) is 0 Å². The zero-order valence-electron chi connectivity index (χ0n) is 11.4. The highest BCUT2D eigenvalue weighted by Gasteiger charge is 2.29. The molecule has 0 spiro atoms. The van der Waals surface area contributed by atoms with Crippen molar-refractivity contribution in [1.29, 1.82) is 0 Å². The van der Waals surface area contributed by atoms with Crippen LogP contribution in [0.4, 0.5) is 4.79 Å². The molecule has 18 heavy (non-hydrogen) atoms. The molecule has 0 aromatic rings. The summed E-state index contributed by atoms with van der Waals surface area (Å²) in [6.07, 6.45) is 7.88. The summed E-state index contributed by atoms with van der Waals surface area (Å²) in [5.74, 6) is 0.795. The highest BCUT2D eigenvalue weighted by Crippen LogP contribution is 2.23. The van der Waals surface area contributed by atoms with Crippen LogP contribution in [0, 0.1) is 5.92 Å². The second-order valence-electron chi connectivity index (χ2n) is 5.93. The predicted octanol–water partition coefficient (Wildman–Crippen LogP) is 2.12. The van der Waals surface area contributed by atoms with Crippen molar-refractivity contribution in [1.82, 2.24) is 10.2 Å². The molecule has 1 saturated carbocycles.